The average Bonchev–Trinajstić information content (AvgIpc) is 3.22. The van der Waals surface area contributed by atoms with Crippen LogP contribution in [-0.4, -0.2) is 62.8 Å². The number of benzene rings is 2. The summed E-state index contributed by atoms with van der Waals surface area (Å²) in [7, 11) is -3.57. The van der Waals surface area contributed by atoms with Gasteiger partial charge in [0.2, 0.25) is 15.9 Å². The second kappa shape index (κ2) is 8.56. The number of rotatable bonds is 5. The van der Waals surface area contributed by atoms with E-state index < -0.39 is 10.0 Å². The van der Waals surface area contributed by atoms with Crippen molar-refractivity contribution >= 4 is 21.6 Å². The molecule has 30 heavy (non-hydrogen) atoms. The van der Waals surface area contributed by atoms with Gasteiger partial charge in [-0.15, -0.1) is 0 Å². The van der Waals surface area contributed by atoms with Crippen LogP contribution in [0, 0.1) is 11.3 Å². The van der Waals surface area contributed by atoms with Gasteiger partial charge in [0.05, 0.1) is 16.5 Å². The molecule has 0 spiro atoms. The molecule has 1 amide bonds. The molecule has 4 rings (SSSR count). The van der Waals surface area contributed by atoms with Crippen LogP contribution in [0.2, 0.25) is 0 Å². The summed E-state index contributed by atoms with van der Waals surface area (Å²) in [6.07, 6.45) is 1.32. The molecule has 2 aliphatic rings. The third-order valence-corrected chi connectivity index (χ3v) is 7.70. The number of anilines is 1. The van der Waals surface area contributed by atoms with E-state index in [9.17, 15) is 13.2 Å². The van der Waals surface area contributed by atoms with E-state index >= 15 is 0 Å². The van der Waals surface area contributed by atoms with E-state index in [0.717, 1.165) is 18.7 Å². The van der Waals surface area contributed by atoms with Crippen LogP contribution in [0.25, 0.3) is 0 Å². The molecule has 0 bridgehead atoms. The number of para-hydroxylation sites is 1. The minimum absolute atomic E-state index is 0.118. The standard InChI is InChI=1S/C22H24N4O3S/c23-17-18-5-7-20(8-6-18)30(28,29)25-15-13-24(14-16-25)11-10-22(27)26-12-9-19-3-1-2-4-21(19)26/h1-8H,9-16H2. The summed E-state index contributed by atoms with van der Waals surface area (Å²) >= 11 is 0. The summed E-state index contributed by atoms with van der Waals surface area (Å²) in [5.41, 5.74) is 2.66. The largest absolute Gasteiger partial charge is 0.312 e. The molecule has 0 radical (unpaired) electrons. The Bertz CT molecular complexity index is 1070. The number of amides is 1. The fraction of sp³-hybridized carbons (Fsp3) is 0.364. The summed E-state index contributed by atoms with van der Waals surface area (Å²) in [4.78, 5) is 16.9. The molecule has 156 valence electrons. The number of carbonyl (C=O) groups is 1. The highest BCUT2D eigenvalue weighted by Crippen LogP contribution is 2.28. The number of hydrogen-bond acceptors (Lipinski definition) is 5. The number of carbonyl (C=O) groups excluding carboxylic acids is 1. The van der Waals surface area contributed by atoms with Crippen molar-refractivity contribution in [3.05, 3.63) is 59.7 Å². The third-order valence-electron chi connectivity index (χ3n) is 5.78. The Kier molecular flexibility index (Phi) is 5.86. The lowest BCUT2D eigenvalue weighted by Crippen LogP contribution is -2.49. The normalized spacial score (nSPS) is 17.5. The molecule has 2 aliphatic heterocycles. The Labute approximate surface area is 177 Å². The van der Waals surface area contributed by atoms with Crippen LogP contribution in [0.1, 0.15) is 17.5 Å². The van der Waals surface area contributed by atoms with Gasteiger partial charge in [-0.1, -0.05) is 18.2 Å². The first-order valence-corrected chi connectivity index (χ1v) is 11.5. The van der Waals surface area contributed by atoms with Crippen LogP contribution in [0.4, 0.5) is 5.69 Å². The van der Waals surface area contributed by atoms with Gasteiger partial charge in [-0.3, -0.25) is 4.79 Å². The summed E-state index contributed by atoms with van der Waals surface area (Å²) in [5, 5.41) is 8.87. The topological polar surface area (TPSA) is 84.7 Å². The van der Waals surface area contributed by atoms with E-state index in [1.807, 2.05) is 29.2 Å². The lowest BCUT2D eigenvalue weighted by molar-refractivity contribution is -0.118. The van der Waals surface area contributed by atoms with Gasteiger partial charge in [0.15, 0.2) is 0 Å². The molecule has 0 atom stereocenters. The molecule has 2 aromatic carbocycles. The zero-order chi connectivity index (χ0) is 21.1. The number of nitrogens with zero attached hydrogens (tertiary/aromatic N) is 4. The van der Waals surface area contributed by atoms with E-state index in [2.05, 4.69) is 11.0 Å². The number of piperazine rings is 1. The highest BCUT2D eigenvalue weighted by Gasteiger charge is 2.29. The second-order valence-electron chi connectivity index (χ2n) is 7.56. The van der Waals surface area contributed by atoms with Gasteiger partial charge in [0.25, 0.3) is 0 Å². The number of sulfonamides is 1. The molecule has 0 unspecified atom stereocenters. The van der Waals surface area contributed by atoms with Crippen LogP contribution in [0.5, 0.6) is 0 Å². The zero-order valence-corrected chi connectivity index (χ0v) is 17.5. The van der Waals surface area contributed by atoms with Crippen molar-refractivity contribution in [2.24, 2.45) is 0 Å². The molecule has 0 saturated carbocycles. The van der Waals surface area contributed by atoms with Crippen molar-refractivity contribution in [3.63, 3.8) is 0 Å². The highest BCUT2D eigenvalue weighted by atomic mass is 32.2. The molecule has 2 heterocycles. The van der Waals surface area contributed by atoms with Crippen molar-refractivity contribution < 1.29 is 13.2 Å². The van der Waals surface area contributed by atoms with Gasteiger partial charge in [-0.25, -0.2) is 8.42 Å². The Morgan fingerprint density at radius 3 is 2.37 bits per heavy atom. The predicted molar refractivity (Wildman–Crippen MR) is 113 cm³/mol. The van der Waals surface area contributed by atoms with Crippen LogP contribution in [0.3, 0.4) is 0 Å². The molecule has 0 aliphatic carbocycles. The van der Waals surface area contributed by atoms with E-state index in [1.165, 1.54) is 34.1 Å². The van der Waals surface area contributed by atoms with Gasteiger partial charge < -0.3 is 9.80 Å². The molecular weight excluding hydrogens is 400 g/mol. The van der Waals surface area contributed by atoms with Crippen molar-refractivity contribution in [1.82, 2.24) is 9.21 Å². The van der Waals surface area contributed by atoms with Crippen LogP contribution in [-0.2, 0) is 21.2 Å². The van der Waals surface area contributed by atoms with E-state index in [4.69, 9.17) is 5.26 Å². The molecular formula is C22H24N4O3S. The fourth-order valence-corrected chi connectivity index (χ4v) is 5.45. The van der Waals surface area contributed by atoms with Crippen LogP contribution in [0.15, 0.2) is 53.4 Å². The highest BCUT2D eigenvalue weighted by molar-refractivity contribution is 7.89. The Hall–Kier alpha value is -2.73. The van der Waals surface area contributed by atoms with E-state index in [0.29, 0.717) is 44.7 Å². The molecule has 7 nitrogen and oxygen atoms in total. The smallest absolute Gasteiger partial charge is 0.243 e. The number of hydrogen-bond donors (Lipinski definition) is 0. The van der Waals surface area contributed by atoms with Gasteiger partial charge in [0, 0.05) is 51.4 Å². The summed E-state index contributed by atoms with van der Waals surface area (Å²) < 4.78 is 27.1. The van der Waals surface area contributed by atoms with Crippen molar-refractivity contribution in [2.45, 2.75) is 17.7 Å². The maximum Gasteiger partial charge on any atom is 0.243 e. The molecule has 8 heteroatoms. The van der Waals surface area contributed by atoms with Gasteiger partial charge in [-0.05, 0) is 42.3 Å². The van der Waals surface area contributed by atoms with Gasteiger partial charge in [-0.2, -0.15) is 9.57 Å². The van der Waals surface area contributed by atoms with Gasteiger partial charge >= 0.3 is 0 Å². The minimum atomic E-state index is -3.57. The van der Waals surface area contributed by atoms with Crippen LogP contribution >= 0.6 is 0 Å². The molecule has 1 fully saturated rings. The Morgan fingerprint density at radius 1 is 0.967 bits per heavy atom. The lowest BCUT2D eigenvalue weighted by atomic mass is 10.2. The quantitative estimate of drug-likeness (QED) is 0.731. The Balaban J connectivity index is 1.29. The number of fused-ring (bicyclic) bond motifs is 1. The Morgan fingerprint density at radius 2 is 1.67 bits per heavy atom. The first kappa shape index (κ1) is 20.5. The summed E-state index contributed by atoms with van der Waals surface area (Å²) in [6.45, 7) is 3.34. The molecule has 2 aromatic rings. The zero-order valence-electron chi connectivity index (χ0n) is 16.7. The predicted octanol–water partition coefficient (Wildman–Crippen LogP) is 1.84. The monoisotopic (exact) mass is 424 g/mol. The van der Waals surface area contributed by atoms with Crippen molar-refractivity contribution in [2.75, 3.05) is 44.2 Å². The number of nitriles is 1. The van der Waals surface area contributed by atoms with E-state index in [-0.39, 0.29) is 10.8 Å². The van der Waals surface area contributed by atoms with Crippen molar-refractivity contribution in [1.29, 1.82) is 5.26 Å². The SMILES string of the molecule is N#Cc1ccc(S(=O)(=O)N2CCN(CCC(=O)N3CCc4ccccc43)CC2)cc1. The van der Waals surface area contributed by atoms with Crippen LogP contribution < -0.4 is 4.90 Å². The minimum Gasteiger partial charge on any atom is -0.312 e. The molecule has 1 saturated heterocycles. The maximum atomic E-state index is 12.8. The maximum absolute atomic E-state index is 12.8. The first-order chi connectivity index (χ1) is 14.5. The van der Waals surface area contributed by atoms with E-state index in [1.54, 1.807) is 0 Å². The lowest BCUT2D eigenvalue weighted by Gasteiger charge is -2.34. The third kappa shape index (κ3) is 4.10. The summed E-state index contributed by atoms with van der Waals surface area (Å²) in [5.74, 6) is 0.118. The second-order valence-corrected chi connectivity index (χ2v) is 9.49. The van der Waals surface area contributed by atoms with Gasteiger partial charge in [0.1, 0.15) is 0 Å². The molecule has 0 aromatic heterocycles. The molecule has 0 N–H and O–H groups in total. The summed E-state index contributed by atoms with van der Waals surface area (Å²) in [6, 6.07) is 16.0. The average molecular weight is 425 g/mol. The fourth-order valence-electron chi connectivity index (χ4n) is 4.03. The first-order valence-electron chi connectivity index (χ1n) is 10.1. The van der Waals surface area contributed by atoms with Crippen molar-refractivity contribution in [3.8, 4) is 6.07 Å².